The van der Waals surface area contributed by atoms with E-state index in [4.69, 9.17) is 5.84 Å². The topological polar surface area (TPSA) is 29.3 Å². The molecule has 2 N–H and O–H groups in total. The van der Waals surface area contributed by atoms with E-state index in [1.807, 2.05) is 0 Å². The highest BCUT2D eigenvalue weighted by Crippen LogP contribution is 1.68. The maximum atomic E-state index is 5.05. The van der Waals surface area contributed by atoms with Crippen LogP contribution in [0.5, 0.6) is 0 Å². The maximum absolute atomic E-state index is 5.05. The quantitative estimate of drug-likeness (QED) is 0.201. The summed E-state index contributed by atoms with van der Waals surface area (Å²) in [4.78, 5) is 0. The van der Waals surface area contributed by atoms with Crippen molar-refractivity contribution in [3.8, 4) is 0 Å². The van der Waals surface area contributed by atoms with Crippen LogP contribution < -0.4 is 5.84 Å². The van der Waals surface area contributed by atoms with Crippen LogP contribution in [0.3, 0.4) is 0 Å². The standard InChI is InChI=1S/C2H8N2S/c1-4(3)2-5/h5H,2-3H2,1H3. The Morgan fingerprint density at radius 3 is 2.20 bits per heavy atom. The third-order valence-electron chi connectivity index (χ3n) is 0.223. The first-order valence-electron chi connectivity index (χ1n) is 1.34. The second-order valence-corrected chi connectivity index (χ2v) is 1.18. The molecule has 0 aliphatic carbocycles. The molecule has 0 unspecified atom stereocenters. The van der Waals surface area contributed by atoms with Crippen LogP contribution in [0.4, 0.5) is 0 Å². The molecule has 0 radical (unpaired) electrons. The molecule has 5 heavy (non-hydrogen) atoms. The number of thiol groups is 1. The molecule has 0 spiro atoms. The fourth-order valence-electron chi connectivity index (χ4n) is 0. The molecule has 0 rings (SSSR count). The van der Waals surface area contributed by atoms with Gasteiger partial charge < -0.3 is 0 Å². The monoisotopic (exact) mass is 92.0 g/mol. The van der Waals surface area contributed by atoms with Crippen molar-refractivity contribution < 1.29 is 0 Å². The van der Waals surface area contributed by atoms with Gasteiger partial charge in [-0.1, -0.05) is 0 Å². The first-order chi connectivity index (χ1) is 2.27. The lowest BCUT2D eigenvalue weighted by Gasteiger charge is -1.99. The van der Waals surface area contributed by atoms with Gasteiger partial charge in [0.2, 0.25) is 0 Å². The summed E-state index contributed by atoms with van der Waals surface area (Å²) in [5, 5.41) is 1.49. The second-order valence-electron chi connectivity index (χ2n) is 0.898. The minimum absolute atomic E-state index is 0.611. The SMILES string of the molecule is CN(N)CS. The van der Waals surface area contributed by atoms with Gasteiger partial charge in [0.1, 0.15) is 0 Å². The molecule has 0 aromatic carbocycles. The molecule has 0 fully saturated rings. The average Bonchev–Trinajstić information content (AvgIpc) is 1.38. The van der Waals surface area contributed by atoms with E-state index < -0.39 is 0 Å². The molecular formula is C2H8N2S. The summed E-state index contributed by atoms with van der Waals surface area (Å²) in [6.45, 7) is 0. The zero-order valence-corrected chi connectivity index (χ0v) is 4.07. The second kappa shape index (κ2) is 2.50. The van der Waals surface area contributed by atoms with E-state index in [1.165, 1.54) is 5.01 Å². The van der Waals surface area contributed by atoms with Gasteiger partial charge in [-0.15, -0.1) is 0 Å². The first kappa shape index (κ1) is 5.27. The zero-order valence-electron chi connectivity index (χ0n) is 3.18. The summed E-state index contributed by atoms with van der Waals surface area (Å²) in [6.07, 6.45) is 0. The first-order valence-corrected chi connectivity index (χ1v) is 1.97. The number of hydrazine groups is 1. The van der Waals surface area contributed by atoms with Gasteiger partial charge in [-0.2, -0.15) is 12.6 Å². The van der Waals surface area contributed by atoms with Gasteiger partial charge >= 0.3 is 0 Å². The van der Waals surface area contributed by atoms with Crippen molar-refractivity contribution in [3.05, 3.63) is 0 Å². The molecule has 2 nitrogen and oxygen atoms in total. The van der Waals surface area contributed by atoms with E-state index in [-0.39, 0.29) is 0 Å². The summed E-state index contributed by atoms with van der Waals surface area (Å²) in [6, 6.07) is 0. The van der Waals surface area contributed by atoms with E-state index in [0.29, 0.717) is 5.88 Å². The van der Waals surface area contributed by atoms with E-state index >= 15 is 0 Å². The highest BCUT2D eigenvalue weighted by molar-refractivity contribution is 7.80. The molecule has 0 amide bonds. The van der Waals surface area contributed by atoms with Crippen LogP contribution >= 0.6 is 12.6 Å². The molecule has 0 aromatic heterocycles. The fraction of sp³-hybridized carbons (Fsp3) is 1.00. The molecule has 0 aliphatic rings. The molecule has 3 heteroatoms. The van der Waals surface area contributed by atoms with E-state index in [0.717, 1.165) is 0 Å². The number of hydrogen-bond acceptors (Lipinski definition) is 3. The van der Waals surface area contributed by atoms with Crippen LogP contribution in [0.25, 0.3) is 0 Å². The highest BCUT2D eigenvalue weighted by atomic mass is 32.1. The van der Waals surface area contributed by atoms with Gasteiger partial charge in [0.15, 0.2) is 0 Å². The lowest BCUT2D eigenvalue weighted by molar-refractivity contribution is 0.416. The van der Waals surface area contributed by atoms with Crippen LogP contribution in [0.15, 0.2) is 0 Å². The van der Waals surface area contributed by atoms with Crippen LogP contribution in [0, 0.1) is 0 Å². The van der Waals surface area contributed by atoms with Crippen LogP contribution in [0.2, 0.25) is 0 Å². The van der Waals surface area contributed by atoms with Crippen molar-refractivity contribution in [2.45, 2.75) is 0 Å². The maximum Gasteiger partial charge on any atom is 0.0552 e. The lowest BCUT2D eigenvalue weighted by Crippen LogP contribution is -2.23. The normalized spacial score (nSPS) is 9.60. The largest absolute Gasteiger partial charge is 0.268 e. The number of nitrogens with two attached hydrogens (primary N) is 1. The number of rotatable bonds is 1. The molecule has 0 heterocycles. The Morgan fingerprint density at radius 2 is 2.20 bits per heavy atom. The Bertz CT molecular complexity index is 21.6. The molecule has 32 valence electrons. The number of nitrogens with zero attached hydrogens (tertiary/aromatic N) is 1. The molecular weight excluding hydrogens is 84.1 g/mol. The molecule has 0 aromatic rings. The Morgan fingerprint density at radius 1 is 2.00 bits per heavy atom. The highest BCUT2D eigenvalue weighted by Gasteiger charge is 1.72. The van der Waals surface area contributed by atoms with E-state index in [2.05, 4.69) is 12.6 Å². The Kier molecular flexibility index (Phi) is 2.64. The summed E-state index contributed by atoms with van der Waals surface area (Å²) >= 11 is 3.82. The molecule has 0 saturated heterocycles. The minimum Gasteiger partial charge on any atom is -0.268 e. The number of hydrogen-bond donors (Lipinski definition) is 2. The van der Waals surface area contributed by atoms with Gasteiger partial charge in [-0.05, 0) is 0 Å². The van der Waals surface area contributed by atoms with Crippen LogP contribution in [-0.2, 0) is 0 Å². The van der Waals surface area contributed by atoms with Gasteiger partial charge in [0.05, 0.1) is 5.88 Å². The lowest BCUT2D eigenvalue weighted by atomic mass is 11.2. The predicted octanol–water partition coefficient (Wildman–Crippen LogP) is -0.321. The van der Waals surface area contributed by atoms with Gasteiger partial charge in [0.25, 0.3) is 0 Å². The van der Waals surface area contributed by atoms with Crippen molar-refractivity contribution in [1.29, 1.82) is 0 Å². The van der Waals surface area contributed by atoms with E-state index in [1.54, 1.807) is 7.05 Å². The summed E-state index contributed by atoms with van der Waals surface area (Å²) in [5.41, 5.74) is 0. The average molecular weight is 92.2 g/mol. The Hall–Kier alpha value is 0.270. The molecule has 0 saturated carbocycles. The van der Waals surface area contributed by atoms with Gasteiger partial charge in [-0.3, -0.25) is 5.84 Å². The van der Waals surface area contributed by atoms with Crippen molar-refractivity contribution in [1.82, 2.24) is 5.01 Å². The third-order valence-corrected chi connectivity index (χ3v) is 0.669. The van der Waals surface area contributed by atoms with Crippen LogP contribution in [-0.4, -0.2) is 17.9 Å². The smallest absolute Gasteiger partial charge is 0.0552 e. The minimum atomic E-state index is 0.611. The molecule has 0 bridgehead atoms. The van der Waals surface area contributed by atoms with Gasteiger partial charge in [0, 0.05) is 7.05 Å². The van der Waals surface area contributed by atoms with Crippen molar-refractivity contribution >= 4 is 12.6 Å². The molecule has 0 atom stereocenters. The van der Waals surface area contributed by atoms with Crippen molar-refractivity contribution in [3.63, 3.8) is 0 Å². The van der Waals surface area contributed by atoms with Crippen molar-refractivity contribution in [2.75, 3.05) is 12.9 Å². The zero-order chi connectivity index (χ0) is 4.28. The summed E-state index contributed by atoms with van der Waals surface area (Å²) in [7, 11) is 1.76. The fourth-order valence-corrected chi connectivity index (χ4v) is 0. The summed E-state index contributed by atoms with van der Waals surface area (Å²) in [5.74, 6) is 5.66. The van der Waals surface area contributed by atoms with Crippen LogP contribution in [0.1, 0.15) is 0 Å². The predicted molar refractivity (Wildman–Crippen MR) is 25.8 cm³/mol. The third kappa shape index (κ3) is 4.27. The van der Waals surface area contributed by atoms with Crippen molar-refractivity contribution in [2.24, 2.45) is 5.84 Å². The summed E-state index contributed by atoms with van der Waals surface area (Å²) < 4.78 is 0. The Balaban J connectivity index is 2.54. The van der Waals surface area contributed by atoms with Gasteiger partial charge in [-0.25, -0.2) is 5.01 Å². The Labute approximate surface area is 37.3 Å². The molecule has 0 aliphatic heterocycles. The van der Waals surface area contributed by atoms with E-state index in [9.17, 15) is 0 Å².